The van der Waals surface area contributed by atoms with Crippen molar-refractivity contribution in [2.75, 3.05) is 0 Å². The van der Waals surface area contributed by atoms with E-state index in [0.29, 0.717) is 29.7 Å². The highest BCUT2D eigenvalue weighted by Crippen LogP contribution is 2.28. The van der Waals surface area contributed by atoms with Crippen LogP contribution >= 0.6 is 11.8 Å². The number of ether oxygens (including phenoxy) is 1. The number of aryl methyl sites for hydroxylation is 2. The van der Waals surface area contributed by atoms with Gasteiger partial charge in [-0.3, -0.25) is 24.5 Å². The van der Waals surface area contributed by atoms with Gasteiger partial charge in [0.05, 0.1) is 11.5 Å². The molecule has 1 aliphatic rings. The zero-order chi connectivity index (χ0) is 30.2. The molecule has 0 saturated carbocycles. The number of unbranched alkanes of at least 4 members (excludes halogenated alkanes) is 2. The number of nitrogens with one attached hydrogen (secondary N) is 1. The van der Waals surface area contributed by atoms with Gasteiger partial charge in [-0.1, -0.05) is 66.7 Å². The van der Waals surface area contributed by atoms with Gasteiger partial charge in [0.2, 0.25) is 0 Å². The Balaban J connectivity index is 0.000000312. The number of benzene rings is 3. The van der Waals surface area contributed by atoms with E-state index < -0.39 is 17.1 Å². The molecule has 0 radical (unpaired) electrons. The molecule has 9 heteroatoms. The van der Waals surface area contributed by atoms with Crippen LogP contribution in [0.5, 0.6) is 5.75 Å². The van der Waals surface area contributed by atoms with E-state index >= 15 is 0 Å². The third-order valence-electron chi connectivity index (χ3n) is 6.31. The number of aliphatic carboxylic acids is 1. The smallest absolute Gasteiger partial charge is 0.311 e. The van der Waals surface area contributed by atoms with Crippen molar-refractivity contribution in [1.82, 2.24) is 5.32 Å². The van der Waals surface area contributed by atoms with Crippen LogP contribution in [-0.4, -0.2) is 33.3 Å². The first-order valence-corrected chi connectivity index (χ1v) is 14.6. The number of aliphatic hydroxyl groups is 1. The number of hydrogen-bond donors (Lipinski definition) is 3. The zero-order valence-electron chi connectivity index (χ0n) is 23.3. The van der Waals surface area contributed by atoms with Crippen LogP contribution in [0.15, 0.2) is 83.8 Å². The molecule has 8 nitrogen and oxygen atoms in total. The minimum atomic E-state index is -0.701. The third kappa shape index (κ3) is 11.7. The van der Waals surface area contributed by atoms with Crippen molar-refractivity contribution in [3.63, 3.8) is 0 Å². The summed E-state index contributed by atoms with van der Waals surface area (Å²) < 4.78 is 5.39. The lowest BCUT2D eigenvalue weighted by Gasteiger charge is -2.10. The van der Waals surface area contributed by atoms with Crippen LogP contribution in [0.25, 0.3) is 6.08 Å². The minimum absolute atomic E-state index is 0.280. The molecule has 0 atom stereocenters. The number of amides is 2. The number of imide groups is 1. The SMILES string of the molecule is O=C(CCCCc1ccccc1)Oc1ccc(/C=C2\SC(=O)NC2=O)cc1CO.O=C(O)CCCCc1ccccc1. The fraction of sp³-hybridized carbons (Fsp3) is 0.273. The fourth-order valence-corrected chi connectivity index (χ4v) is 4.83. The molecule has 0 bridgehead atoms. The summed E-state index contributed by atoms with van der Waals surface area (Å²) in [6.45, 7) is -0.314. The predicted molar refractivity (Wildman–Crippen MR) is 163 cm³/mol. The Morgan fingerprint density at radius 2 is 1.40 bits per heavy atom. The molecule has 1 aliphatic heterocycles. The van der Waals surface area contributed by atoms with E-state index in [0.717, 1.165) is 43.9 Å². The number of aliphatic hydroxyl groups excluding tert-OH is 1. The standard InChI is InChI=1S/C22H21NO5S.C11H14O2/c24-14-17-12-16(13-19-21(26)23-22(27)29-19)10-11-18(17)28-20(25)9-5-4-8-15-6-2-1-3-7-15;12-11(13)9-5-4-8-10-6-2-1-3-7-10/h1-3,6-7,10-13,24H,4-5,8-9,14H2,(H,23,26,27);1-3,6-7H,4-5,8-9H2,(H,12,13)/b19-13-;. The summed E-state index contributed by atoms with van der Waals surface area (Å²) in [6, 6.07) is 25.1. The Morgan fingerprint density at radius 1 is 0.810 bits per heavy atom. The molecule has 3 aromatic carbocycles. The molecule has 3 N–H and O–H groups in total. The molecule has 0 spiro atoms. The maximum Gasteiger partial charge on any atom is 0.311 e. The lowest BCUT2D eigenvalue weighted by Crippen LogP contribution is -2.17. The Kier molecular flexibility index (Phi) is 13.5. The second-order valence-corrected chi connectivity index (χ2v) is 10.6. The van der Waals surface area contributed by atoms with Crippen molar-refractivity contribution in [2.24, 2.45) is 0 Å². The van der Waals surface area contributed by atoms with Crippen molar-refractivity contribution in [1.29, 1.82) is 0 Å². The number of carbonyl (C=O) groups is 4. The summed E-state index contributed by atoms with van der Waals surface area (Å²) in [5, 5.41) is 19.8. The molecule has 3 aromatic rings. The fourth-order valence-electron chi connectivity index (χ4n) is 4.15. The normalized spacial score (nSPS) is 13.3. The van der Waals surface area contributed by atoms with Gasteiger partial charge in [-0.05, 0) is 85.2 Å². The Labute approximate surface area is 249 Å². The molecule has 1 heterocycles. The van der Waals surface area contributed by atoms with Crippen LogP contribution in [0.4, 0.5) is 4.79 Å². The number of carboxylic acids is 1. The van der Waals surface area contributed by atoms with Gasteiger partial charge in [-0.15, -0.1) is 0 Å². The number of esters is 1. The molecule has 1 saturated heterocycles. The van der Waals surface area contributed by atoms with E-state index in [1.54, 1.807) is 24.3 Å². The van der Waals surface area contributed by atoms with E-state index in [4.69, 9.17) is 9.84 Å². The molecule has 4 rings (SSSR count). The summed E-state index contributed by atoms with van der Waals surface area (Å²) >= 11 is 0.820. The van der Waals surface area contributed by atoms with Crippen molar-refractivity contribution in [3.05, 3.63) is 106 Å². The summed E-state index contributed by atoms with van der Waals surface area (Å²) in [5.74, 6) is -1.21. The topological polar surface area (TPSA) is 130 Å². The quantitative estimate of drug-likeness (QED) is 0.0916. The number of hydrogen-bond acceptors (Lipinski definition) is 7. The maximum atomic E-state index is 12.1. The first-order valence-electron chi connectivity index (χ1n) is 13.8. The molecule has 0 unspecified atom stereocenters. The molecular weight excluding hydrogens is 554 g/mol. The summed E-state index contributed by atoms with van der Waals surface area (Å²) in [7, 11) is 0. The van der Waals surface area contributed by atoms with Crippen LogP contribution < -0.4 is 10.1 Å². The van der Waals surface area contributed by atoms with E-state index in [2.05, 4.69) is 29.6 Å². The van der Waals surface area contributed by atoms with Crippen molar-refractivity contribution >= 4 is 40.9 Å². The molecule has 0 aliphatic carbocycles. The second-order valence-electron chi connectivity index (χ2n) is 9.63. The highest BCUT2D eigenvalue weighted by Gasteiger charge is 2.25. The van der Waals surface area contributed by atoms with E-state index in [1.165, 1.54) is 11.1 Å². The van der Waals surface area contributed by atoms with Crippen LogP contribution in [0.3, 0.4) is 0 Å². The predicted octanol–water partition coefficient (Wildman–Crippen LogP) is 6.31. The van der Waals surface area contributed by atoms with Crippen molar-refractivity contribution in [2.45, 2.75) is 58.0 Å². The molecule has 2 amide bonds. The number of thioether (sulfide) groups is 1. The second kappa shape index (κ2) is 17.6. The molecule has 0 aromatic heterocycles. The minimum Gasteiger partial charge on any atom is -0.481 e. The van der Waals surface area contributed by atoms with Crippen LogP contribution in [-0.2, 0) is 33.8 Å². The highest BCUT2D eigenvalue weighted by molar-refractivity contribution is 8.18. The molecule has 220 valence electrons. The van der Waals surface area contributed by atoms with Gasteiger partial charge in [-0.2, -0.15) is 0 Å². The van der Waals surface area contributed by atoms with Gasteiger partial charge in [0.25, 0.3) is 11.1 Å². The monoisotopic (exact) mass is 589 g/mol. The average molecular weight is 590 g/mol. The lowest BCUT2D eigenvalue weighted by atomic mass is 10.1. The van der Waals surface area contributed by atoms with Gasteiger partial charge in [0, 0.05) is 18.4 Å². The Hall–Kier alpha value is -4.21. The summed E-state index contributed by atoms with van der Waals surface area (Å²) in [4.78, 5) is 45.5. The van der Waals surface area contributed by atoms with Gasteiger partial charge < -0.3 is 14.9 Å². The van der Waals surface area contributed by atoms with Gasteiger partial charge in [0.15, 0.2) is 0 Å². The lowest BCUT2D eigenvalue weighted by molar-refractivity contribution is -0.137. The number of carbonyl (C=O) groups excluding carboxylic acids is 3. The average Bonchev–Trinajstić information content (AvgIpc) is 3.31. The van der Waals surface area contributed by atoms with Crippen molar-refractivity contribution < 1.29 is 34.1 Å². The van der Waals surface area contributed by atoms with Crippen LogP contribution in [0.1, 0.15) is 60.8 Å². The van der Waals surface area contributed by atoms with Crippen molar-refractivity contribution in [3.8, 4) is 5.75 Å². The van der Waals surface area contributed by atoms with E-state index in [-0.39, 0.29) is 23.9 Å². The summed E-state index contributed by atoms with van der Waals surface area (Å²) in [6.07, 6.45) is 7.35. The number of carboxylic acid groups (broad SMARTS) is 1. The summed E-state index contributed by atoms with van der Waals surface area (Å²) in [5.41, 5.74) is 3.59. The van der Waals surface area contributed by atoms with E-state index in [1.807, 2.05) is 36.4 Å². The molecular formula is C33H35NO7S. The van der Waals surface area contributed by atoms with Crippen LogP contribution in [0.2, 0.25) is 0 Å². The third-order valence-corrected chi connectivity index (χ3v) is 7.12. The zero-order valence-corrected chi connectivity index (χ0v) is 24.1. The Bertz CT molecular complexity index is 1370. The van der Waals surface area contributed by atoms with Gasteiger partial charge in [-0.25, -0.2) is 0 Å². The first kappa shape index (κ1) is 32.3. The molecule has 1 fully saturated rings. The highest BCUT2D eigenvalue weighted by atomic mass is 32.2. The van der Waals surface area contributed by atoms with Gasteiger partial charge in [0.1, 0.15) is 5.75 Å². The number of rotatable bonds is 13. The van der Waals surface area contributed by atoms with Gasteiger partial charge >= 0.3 is 11.9 Å². The van der Waals surface area contributed by atoms with E-state index in [9.17, 15) is 24.3 Å². The largest absolute Gasteiger partial charge is 0.481 e. The first-order chi connectivity index (χ1) is 20.3. The molecule has 42 heavy (non-hydrogen) atoms. The van der Waals surface area contributed by atoms with Crippen LogP contribution in [0, 0.1) is 0 Å². The Morgan fingerprint density at radius 3 is 1.93 bits per heavy atom. The maximum absolute atomic E-state index is 12.1.